The fourth-order valence-corrected chi connectivity index (χ4v) is 3.89. The summed E-state index contributed by atoms with van der Waals surface area (Å²) >= 11 is 0. The fourth-order valence-electron chi connectivity index (χ4n) is 3.89. The van der Waals surface area contributed by atoms with Crippen LogP contribution < -0.4 is 0 Å². The minimum Gasteiger partial charge on any atom is -0.339 e. The van der Waals surface area contributed by atoms with Crippen LogP contribution in [-0.4, -0.2) is 38.8 Å². The minimum absolute atomic E-state index is 0.129. The third-order valence-electron chi connectivity index (χ3n) is 5.47. The molecule has 1 aliphatic rings. The molecular formula is C23H24N4O. The van der Waals surface area contributed by atoms with Gasteiger partial charge in [0.15, 0.2) is 0 Å². The standard InChI is InChI=1S/C23H24N4O/c1-16-5-3-4-6-20(16)23(28)27-13-9-19(10-14-27)22-21(15-25-17(2)26-22)18-7-11-24-12-8-18/h3-8,11-12,15,19H,9-10,13-14H2,1-2H3. The molecule has 28 heavy (non-hydrogen) atoms. The predicted molar refractivity (Wildman–Crippen MR) is 109 cm³/mol. The summed E-state index contributed by atoms with van der Waals surface area (Å²) < 4.78 is 0. The molecule has 142 valence electrons. The number of nitrogens with zero attached hydrogens (tertiary/aromatic N) is 4. The summed E-state index contributed by atoms with van der Waals surface area (Å²) in [5.41, 5.74) is 5.07. The third kappa shape index (κ3) is 3.65. The predicted octanol–water partition coefficient (Wildman–Crippen LogP) is 4.18. The first-order chi connectivity index (χ1) is 13.6. The van der Waals surface area contributed by atoms with E-state index >= 15 is 0 Å². The van der Waals surface area contributed by atoms with Gasteiger partial charge in [0.25, 0.3) is 5.91 Å². The first-order valence-corrected chi connectivity index (χ1v) is 9.72. The Hall–Kier alpha value is -3.08. The van der Waals surface area contributed by atoms with Crippen molar-refractivity contribution >= 4 is 5.91 Å². The van der Waals surface area contributed by atoms with Crippen LogP contribution in [-0.2, 0) is 0 Å². The summed E-state index contributed by atoms with van der Waals surface area (Å²) in [6, 6.07) is 11.8. The van der Waals surface area contributed by atoms with Crippen molar-refractivity contribution in [2.24, 2.45) is 0 Å². The third-order valence-corrected chi connectivity index (χ3v) is 5.47. The zero-order chi connectivity index (χ0) is 19.5. The number of amides is 1. The molecule has 1 aromatic carbocycles. The molecule has 3 aromatic rings. The average molecular weight is 372 g/mol. The van der Waals surface area contributed by atoms with Gasteiger partial charge in [-0.15, -0.1) is 0 Å². The molecule has 1 fully saturated rings. The maximum atomic E-state index is 12.9. The van der Waals surface area contributed by atoms with Gasteiger partial charge < -0.3 is 4.90 Å². The van der Waals surface area contributed by atoms with Gasteiger partial charge in [-0.25, -0.2) is 9.97 Å². The van der Waals surface area contributed by atoms with Crippen LogP contribution in [0.1, 0.15) is 46.2 Å². The average Bonchev–Trinajstić information content (AvgIpc) is 2.74. The summed E-state index contributed by atoms with van der Waals surface area (Å²) in [6.45, 7) is 5.41. The number of hydrogen-bond donors (Lipinski definition) is 0. The highest BCUT2D eigenvalue weighted by atomic mass is 16.2. The highest BCUT2D eigenvalue weighted by molar-refractivity contribution is 5.95. The monoisotopic (exact) mass is 372 g/mol. The zero-order valence-corrected chi connectivity index (χ0v) is 16.3. The Balaban J connectivity index is 1.54. The molecule has 1 saturated heterocycles. The smallest absolute Gasteiger partial charge is 0.254 e. The zero-order valence-electron chi connectivity index (χ0n) is 16.3. The SMILES string of the molecule is Cc1ncc(-c2ccncc2)c(C2CCN(C(=O)c3ccccc3C)CC2)n1. The number of aryl methyl sites for hydroxylation is 2. The van der Waals surface area contributed by atoms with Gasteiger partial charge in [0.1, 0.15) is 5.82 Å². The van der Waals surface area contributed by atoms with E-state index in [1.54, 1.807) is 12.4 Å². The quantitative estimate of drug-likeness (QED) is 0.692. The summed E-state index contributed by atoms with van der Waals surface area (Å²) in [5.74, 6) is 1.24. The Kier molecular flexibility index (Phi) is 5.15. The van der Waals surface area contributed by atoms with Gasteiger partial charge in [-0.05, 0) is 56.0 Å². The largest absolute Gasteiger partial charge is 0.339 e. The van der Waals surface area contributed by atoms with Crippen molar-refractivity contribution in [1.82, 2.24) is 19.9 Å². The van der Waals surface area contributed by atoms with E-state index < -0.39 is 0 Å². The van der Waals surface area contributed by atoms with Crippen LogP contribution in [0.25, 0.3) is 11.1 Å². The van der Waals surface area contributed by atoms with E-state index in [4.69, 9.17) is 4.98 Å². The van der Waals surface area contributed by atoms with Gasteiger partial charge in [0.05, 0.1) is 5.69 Å². The van der Waals surface area contributed by atoms with Crippen LogP contribution in [0.2, 0.25) is 0 Å². The van der Waals surface area contributed by atoms with Crippen molar-refractivity contribution < 1.29 is 4.79 Å². The molecule has 0 atom stereocenters. The molecule has 0 bridgehead atoms. The molecule has 0 aliphatic carbocycles. The Bertz CT molecular complexity index is 979. The second kappa shape index (κ2) is 7.89. The number of piperidine rings is 1. The molecule has 0 spiro atoms. The fraction of sp³-hybridized carbons (Fsp3) is 0.304. The van der Waals surface area contributed by atoms with Gasteiger partial charge in [0.2, 0.25) is 0 Å². The van der Waals surface area contributed by atoms with Crippen LogP contribution >= 0.6 is 0 Å². The Labute approximate surface area is 165 Å². The number of carbonyl (C=O) groups excluding carboxylic acids is 1. The summed E-state index contributed by atoms with van der Waals surface area (Å²) in [4.78, 5) is 28.2. The highest BCUT2D eigenvalue weighted by Gasteiger charge is 2.27. The lowest BCUT2D eigenvalue weighted by Crippen LogP contribution is -2.38. The topological polar surface area (TPSA) is 59.0 Å². The van der Waals surface area contributed by atoms with E-state index in [-0.39, 0.29) is 5.91 Å². The van der Waals surface area contributed by atoms with E-state index in [2.05, 4.69) is 9.97 Å². The van der Waals surface area contributed by atoms with Gasteiger partial charge in [-0.2, -0.15) is 0 Å². The maximum absolute atomic E-state index is 12.9. The normalized spacial score (nSPS) is 14.9. The van der Waals surface area contributed by atoms with Crippen LogP contribution in [0.4, 0.5) is 0 Å². The van der Waals surface area contributed by atoms with E-state index in [0.29, 0.717) is 5.92 Å². The minimum atomic E-state index is 0.129. The second-order valence-corrected chi connectivity index (χ2v) is 7.33. The maximum Gasteiger partial charge on any atom is 0.254 e. The molecule has 4 rings (SSSR count). The van der Waals surface area contributed by atoms with Crippen LogP contribution in [0.15, 0.2) is 55.0 Å². The molecule has 0 radical (unpaired) electrons. The van der Waals surface area contributed by atoms with Crippen molar-refractivity contribution in [3.05, 3.63) is 77.6 Å². The molecule has 3 heterocycles. The van der Waals surface area contributed by atoms with Crippen molar-refractivity contribution in [2.75, 3.05) is 13.1 Å². The molecule has 5 nitrogen and oxygen atoms in total. The molecule has 1 aliphatic heterocycles. The summed E-state index contributed by atoms with van der Waals surface area (Å²) in [7, 11) is 0. The molecule has 0 unspecified atom stereocenters. The van der Waals surface area contributed by atoms with Gasteiger partial charge in [-0.1, -0.05) is 18.2 Å². The molecule has 1 amide bonds. The molecular weight excluding hydrogens is 348 g/mol. The first kappa shape index (κ1) is 18.3. The lowest BCUT2D eigenvalue weighted by atomic mass is 9.88. The van der Waals surface area contributed by atoms with E-state index in [1.807, 2.05) is 61.3 Å². The number of aromatic nitrogens is 3. The number of rotatable bonds is 3. The Morgan fingerprint density at radius 2 is 1.75 bits per heavy atom. The number of likely N-dealkylation sites (tertiary alicyclic amines) is 1. The summed E-state index contributed by atoms with van der Waals surface area (Å²) in [5, 5.41) is 0. The Morgan fingerprint density at radius 3 is 2.46 bits per heavy atom. The van der Waals surface area contributed by atoms with Crippen molar-refractivity contribution in [1.29, 1.82) is 0 Å². The van der Waals surface area contributed by atoms with Crippen LogP contribution in [0, 0.1) is 13.8 Å². The van der Waals surface area contributed by atoms with E-state index in [0.717, 1.165) is 59.7 Å². The van der Waals surface area contributed by atoms with Crippen LogP contribution in [0.5, 0.6) is 0 Å². The van der Waals surface area contributed by atoms with E-state index in [1.165, 1.54) is 0 Å². The molecule has 5 heteroatoms. The number of benzene rings is 1. The molecule has 2 aromatic heterocycles. The van der Waals surface area contributed by atoms with Gasteiger partial charge in [-0.3, -0.25) is 9.78 Å². The number of pyridine rings is 1. The highest BCUT2D eigenvalue weighted by Crippen LogP contribution is 2.34. The van der Waals surface area contributed by atoms with Crippen LogP contribution in [0.3, 0.4) is 0 Å². The lowest BCUT2D eigenvalue weighted by molar-refractivity contribution is 0.0711. The van der Waals surface area contributed by atoms with Crippen molar-refractivity contribution in [3.63, 3.8) is 0 Å². The first-order valence-electron chi connectivity index (χ1n) is 9.72. The second-order valence-electron chi connectivity index (χ2n) is 7.33. The lowest BCUT2D eigenvalue weighted by Gasteiger charge is -2.33. The number of hydrogen-bond acceptors (Lipinski definition) is 4. The summed E-state index contributed by atoms with van der Waals surface area (Å²) in [6.07, 6.45) is 7.32. The number of carbonyl (C=O) groups is 1. The Morgan fingerprint density at radius 1 is 1.04 bits per heavy atom. The van der Waals surface area contributed by atoms with Gasteiger partial charge >= 0.3 is 0 Å². The van der Waals surface area contributed by atoms with Crippen molar-refractivity contribution in [3.8, 4) is 11.1 Å². The molecule has 0 saturated carbocycles. The van der Waals surface area contributed by atoms with Crippen molar-refractivity contribution in [2.45, 2.75) is 32.6 Å². The molecule has 0 N–H and O–H groups in total. The van der Waals surface area contributed by atoms with E-state index in [9.17, 15) is 4.79 Å². The van der Waals surface area contributed by atoms with Gasteiger partial charge in [0, 0.05) is 48.7 Å².